The average molecular weight is 279 g/mol. The van der Waals surface area contributed by atoms with E-state index in [1.165, 1.54) is 31.0 Å². The molecule has 0 amide bonds. The third kappa shape index (κ3) is 2.83. The summed E-state index contributed by atoms with van der Waals surface area (Å²) >= 11 is 0. The molecule has 2 atom stereocenters. The van der Waals surface area contributed by atoms with Crippen LogP contribution in [0.1, 0.15) is 35.2 Å². The molecular weight excluding hydrogens is 261 g/mol. The molecular formula is C15H18FNO3. The second-order valence-electron chi connectivity index (χ2n) is 5.56. The van der Waals surface area contributed by atoms with Crippen LogP contribution in [0.3, 0.4) is 0 Å². The van der Waals surface area contributed by atoms with E-state index in [4.69, 9.17) is 9.84 Å². The number of carboxylic acid groups (broad SMARTS) is 1. The van der Waals surface area contributed by atoms with Crippen LogP contribution in [0.5, 0.6) is 0 Å². The highest BCUT2D eigenvalue weighted by Gasteiger charge is 2.40. The van der Waals surface area contributed by atoms with E-state index in [-0.39, 0.29) is 23.5 Å². The smallest absolute Gasteiger partial charge is 0.335 e. The van der Waals surface area contributed by atoms with Gasteiger partial charge in [0.25, 0.3) is 0 Å². The third-order valence-electron chi connectivity index (χ3n) is 4.07. The lowest BCUT2D eigenvalue weighted by Gasteiger charge is -2.19. The van der Waals surface area contributed by atoms with Gasteiger partial charge in [0.05, 0.1) is 11.7 Å². The van der Waals surface area contributed by atoms with Crippen molar-refractivity contribution < 1.29 is 19.0 Å². The van der Waals surface area contributed by atoms with Crippen LogP contribution in [0.4, 0.5) is 4.39 Å². The molecule has 0 bridgehead atoms. The van der Waals surface area contributed by atoms with Gasteiger partial charge in [-0.15, -0.1) is 0 Å². The molecule has 108 valence electrons. The van der Waals surface area contributed by atoms with E-state index in [1.807, 2.05) is 0 Å². The van der Waals surface area contributed by atoms with E-state index in [0.717, 1.165) is 13.0 Å². The van der Waals surface area contributed by atoms with Crippen molar-refractivity contribution in [3.63, 3.8) is 0 Å². The van der Waals surface area contributed by atoms with Crippen LogP contribution < -0.4 is 5.32 Å². The summed E-state index contributed by atoms with van der Waals surface area (Å²) in [6.45, 7) is 1.08. The summed E-state index contributed by atoms with van der Waals surface area (Å²) in [5.74, 6) is -0.763. The van der Waals surface area contributed by atoms with Gasteiger partial charge in [0.2, 0.25) is 0 Å². The number of hydrogen-bond donors (Lipinski definition) is 2. The number of carbonyl (C=O) groups is 1. The summed E-state index contributed by atoms with van der Waals surface area (Å²) in [5, 5.41) is 12.3. The van der Waals surface area contributed by atoms with Crippen LogP contribution in [0, 0.1) is 11.7 Å². The number of halogens is 1. The number of nitrogens with one attached hydrogen (secondary N) is 1. The van der Waals surface area contributed by atoms with Gasteiger partial charge < -0.3 is 15.2 Å². The first kappa shape index (κ1) is 13.5. The molecule has 0 aromatic heterocycles. The third-order valence-corrected chi connectivity index (χ3v) is 4.07. The van der Waals surface area contributed by atoms with E-state index >= 15 is 0 Å². The Morgan fingerprint density at radius 2 is 2.20 bits per heavy atom. The second-order valence-corrected chi connectivity index (χ2v) is 5.56. The highest BCUT2D eigenvalue weighted by atomic mass is 19.1. The van der Waals surface area contributed by atoms with E-state index in [1.54, 1.807) is 0 Å². The number of aromatic carboxylic acids is 1. The molecule has 1 aromatic carbocycles. The van der Waals surface area contributed by atoms with Crippen molar-refractivity contribution in [3.05, 3.63) is 35.1 Å². The molecule has 4 nitrogen and oxygen atoms in total. The molecule has 1 heterocycles. The Kier molecular flexibility index (Phi) is 3.72. The van der Waals surface area contributed by atoms with Crippen molar-refractivity contribution in [3.8, 4) is 0 Å². The zero-order chi connectivity index (χ0) is 14.1. The summed E-state index contributed by atoms with van der Waals surface area (Å²) < 4.78 is 19.4. The zero-order valence-corrected chi connectivity index (χ0v) is 11.1. The van der Waals surface area contributed by atoms with Gasteiger partial charge >= 0.3 is 5.97 Å². The predicted molar refractivity (Wildman–Crippen MR) is 71.1 cm³/mol. The molecule has 2 fully saturated rings. The van der Waals surface area contributed by atoms with Crippen molar-refractivity contribution in [2.75, 3.05) is 6.61 Å². The Labute approximate surface area is 116 Å². The first-order chi connectivity index (χ1) is 9.65. The lowest BCUT2D eigenvalue weighted by atomic mass is 10.1. The number of benzene rings is 1. The predicted octanol–water partition coefficient (Wildman–Crippen LogP) is 2.18. The van der Waals surface area contributed by atoms with Crippen LogP contribution in [-0.2, 0) is 11.3 Å². The van der Waals surface area contributed by atoms with Crippen LogP contribution in [0.2, 0.25) is 0 Å². The van der Waals surface area contributed by atoms with Crippen molar-refractivity contribution >= 4 is 5.97 Å². The van der Waals surface area contributed by atoms with Crippen LogP contribution in [0.15, 0.2) is 18.2 Å². The van der Waals surface area contributed by atoms with Gasteiger partial charge in [0, 0.05) is 24.8 Å². The van der Waals surface area contributed by atoms with Gasteiger partial charge in [-0.05, 0) is 43.4 Å². The number of carboxylic acids is 1. The molecule has 1 saturated heterocycles. The van der Waals surface area contributed by atoms with E-state index < -0.39 is 5.97 Å². The Morgan fingerprint density at radius 1 is 1.40 bits per heavy atom. The monoisotopic (exact) mass is 279 g/mol. The lowest BCUT2D eigenvalue weighted by Crippen LogP contribution is -2.37. The fourth-order valence-corrected chi connectivity index (χ4v) is 2.80. The standard InChI is InChI=1S/C15H18FNO3/c16-12-4-3-10(15(18)19)7-11(12)8-17-13-5-6-20-14(13)9-1-2-9/h3-4,7,9,13-14,17H,1-2,5-6,8H2,(H,18,19). The molecule has 2 N–H and O–H groups in total. The largest absolute Gasteiger partial charge is 0.478 e. The Morgan fingerprint density at radius 3 is 2.90 bits per heavy atom. The molecule has 1 aliphatic heterocycles. The SMILES string of the molecule is O=C(O)c1ccc(F)c(CNC2CCOC2C2CC2)c1. The summed E-state index contributed by atoms with van der Waals surface area (Å²) in [5.41, 5.74) is 0.510. The summed E-state index contributed by atoms with van der Waals surface area (Å²) in [6, 6.07) is 4.14. The quantitative estimate of drug-likeness (QED) is 0.867. The van der Waals surface area contributed by atoms with E-state index in [9.17, 15) is 9.18 Å². The summed E-state index contributed by atoms with van der Waals surface area (Å²) in [6.07, 6.45) is 3.60. The molecule has 0 radical (unpaired) electrons. The number of ether oxygens (including phenoxy) is 1. The summed E-state index contributed by atoms with van der Waals surface area (Å²) in [7, 11) is 0. The molecule has 3 rings (SSSR count). The minimum absolute atomic E-state index is 0.115. The van der Waals surface area contributed by atoms with Gasteiger partial charge in [-0.2, -0.15) is 0 Å². The lowest BCUT2D eigenvalue weighted by molar-refractivity contribution is 0.0696. The van der Waals surface area contributed by atoms with Gasteiger partial charge in [-0.1, -0.05) is 0 Å². The van der Waals surface area contributed by atoms with Crippen molar-refractivity contribution in [1.29, 1.82) is 0 Å². The average Bonchev–Trinajstić information content (AvgIpc) is 3.17. The Hall–Kier alpha value is -1.46. The normalized spacial score (nSPS) is 25.9. The molecule has 2 unspecified atom stereocenters. The minimum Gasteiger partial charge on any atom is -0.478 e. The Bertz CT molecular complexity index is 516. The highest BCUT2D eigenvalue weighted by Crippen LogP contribution is 2.38. The number of hydrogen-bond acceptors (Lipinski definition) is 3. The van der Waals surface area contributed by atoms with Crippen molar-refractivity contribution in [2.45, 2.75) is 38.0 Å². The van der Waals surface area contributed by atoms with Gasteiger partial charge in [-0.25, -0.2) is 9.18 Å². The first-order valence-corrected chi connectivity index (χ1v) is 7.02. The zero-order valence-electron chi connectivity index (χ0n) is 11.1. The number of rotatable bonds is 5. The molecule has 2 aliphatic rings. The maximum absolute atomic E-state index is 13.7. The molecule has 20 heavy (non-hydrogen) atoms. The van der Waals surface area contributed by atoms with E-state index in [0.29, 0.717) is 18.0 Å². The van der Waals surface area contributed by atoms with Crippen molar-refractivity contribution in [2.24, 2.45) is 5.92 Å². The van der Waals surface area contributed by atoms with Crippen LogP contribution in [-0.4, -0.2) is 29.8 Å². The maximum Gasteiger partial charge on any atom is 0.335 e. The molecule has 5 heteroatoms. The van der Waals surface area contributed by atoms with Gasteiger partial charge in [0.1, 0.15) is 5.82 Å². The van der Waals surface area contributed by atoms with Gasteiger partial charge in [0.15, 0.2) is 0 Å². The van der Waals surface area contributed by atoms with Crippen LogP contribution in [0.25, 0.3) is 0 Å². The highest BCUT2D eigenvalue weighted by molar-refractivity contribution is 5.87. The molecule has 1 aromatic rings. The fourth-order valence-electron chi connectivity index (χ4n) is 2.80. The summed E-state index contributed by atoms with van der Waals surface area (Å²) in [4.78, 5) is 10.9. The first-order valence-electron chi connectivity index (χ1n) is 7.02. The van der Waals surface area contributed by atoms with Crippen LogP contribution >= 0.6 is 0 Å². The Balaban J connectivity index is 1.65. The topological polar surface area (TPSA) is 58.6 Å². The minimum atomic E-state index is -1.04. The molecule has 1 aliphatic carbocycles. The maximum atomic E-state index is 13.7. The van der Waals surface area contributed by atoms with E-state index in [2.05, 4.69) is 5.32 Å². The van der Waals surface area contributed by atoms with Crippen molar-refractivity contribution in [1.82, 2.24) is 5.32 Å². The second kappa shape index (κ2) is 5.50. The molecule has 0 spiro atoms. The van der Waals surface area contributed by atoms with Gasteiger partial charge in [-0.3, -0.25) is 0 Å². The molecule has 1 saturated carbocycles. The fraction of sp³-hybridized carbons (Fsp3) is 0.533.